The van der Waals surface area contributed by atoms with Crippen molar-refractivity contribution < 1.29 is 9.47 Å². The lowest BCUT2D eigenvalue weighted by atomic mass is 10.0. The number of ether oxygens (including phenoxy) is 2. The molecule has 0 bridgehead atoms. The Balaban J connectivity index is 1.63. The number of thiocarbonyl (C=S) groups is 1. The van der Waals surface area contributed by atoms with Crippen molar-refractivity contribution in [3.63, 3.8) is 0 Å². The van der Waals surface area contributed by atoms with E-state index in [0.29, 0.717) is 17.4 Å². The zero-order valence-corrected chi connectivity index (χ0v) is 19.8. The molecule has 1 fully saturated rings. The fourth-order valence-electron chi connectivity index (χ4n) is 4.43. The highest BCUT2D eigenvalue weighted by Gasteiger charge is 2.43. The number of rotatable bonds is 7. The molecule has 5 rings (SSSR count). The number of benzene rings is 1. The van der Waals surface area contributed by atoms with Crippen LogP contribution >= 0.6 is 12.2 Å². The van der Waals surface area contributed by atoms with Crippen LogP contribution in [0.5, 0.6) is 11.5 Å². The van der Waals surface area contributed by atoms with E-state index in [0.717, 1.165) is 28.4 Å². The number of hydrogen-bond acceptors (Lipinski definition) is 5. The van der Waals surface area contributed by atoms with Crippen LogP contribution in [-0.4, -0.2) is 33.9 Å². The summed E-state index contributed by atoms with van der Waals surface area (Å²) in [4.78, 5) is 11.0. The summed E-state index contributed by atoms with van der Waals surface area (Å²) in [6, 6.07) is 19.6. The Labute approximate surface area is 204 Å². The normalized spacial score (nSPS) is 17.5. The van der Waals surface area contributed by atoms with Crippen LogP contribution < -0.4 is 19.7 Å². The van der Waals surface area contributed by atoms with Gasteiger partial charge in [0.15, 0.2) is 5.11 Å². The van der Waals surface area contributed by atoms with E-state index < -0.39 is 0 Å². The molecule has 34 heavy (non-hydrogen) atoms. The number of aromatic nitrogens is 3. The topological polar surface area (TPSA) is 64.4 Å². The molecule has 1 saturated heterocycles. The number of nitrogens with zero attached hydrogens (tertiary/aromatic N) is 4. The van der Waals surface area contributed by atoms with Crippen molar-refractivity contribution in [2.24, 2.45) is 0 Å². The summed E-state index contributed by atoms with van der Waals surface area (Å²) in [5.74, 6) is 1.40. The van der Waals surface area contributed by atoms with E-state index in [9.17, 15) is 0 Å². The van der Waals surface area contributed by atoms with E-state index in [1.54, 1.807) is 20.4 Å². The van der Waals surface area contributed by atoms with Gasteiger partial charge in [0, 0.05) is 43.1 Å². The molecule has 172 valence electrons. The Morgan fingerprint density at radius 3 is 2.65 bits per heavy atom. The fraction of sp³-hybridized carbons (Fsp3) is 0.192. The van der Waals surface area contributed by atoms with Gasteiger partial charge in [-0.1, -0.05) is 12.1 Å². The van der Waals surface area contributed by atoms with Gasteiger partial charge < -0.3 is 24.3 Å². The van der Waals surface area contributed by atoms with E-state index in [2.05, 4.69) is 49.1 Å². The Bertz CT molecular complexity index is 1280. The van der Waals surface area contributed by atoms with Crippen LogP contribution in [0.15, 0.2) is 85.5 Å². The van der Waals surface area contributed by atoms with Gasteiger partial charge in [0.2, 0.25) is 0 Å². The molecule has 0 saturated carbocycles. The number of hydrogen-bond donors (Lipinski definition) is 1. The molecular weight excluding hydrogens is 446 g/mol. The average Bonchev–Trinajstić information content (AvgIpc) is 3.48. The zero-order valence-electron chi connectivity index (χ0n) is 19.0. The van der Waals surface area contributed by atoms with E-state index in [-0.39, 0.29) is 12.1 Å². The predicted octanol–water partition coefficient (Wildman–Crippen LogP) is 4.52. The summed E-state index contributed by atoms with van der Waals surface area (Å²) in [5, 5.41) is 4.12. The minimum Gasteiger partial charge on any atom is -0.497 e. The van der Waals surface area contributed by atoms with E-state index in [1.807, 2.05) is 54.9 Å². The van der Waals surface area contributed by atoms with Crippen molar-refractivity contribution in [1.29, 1.82) is 0 Å². The van der Waals surface area contributed by atoms with E-state index in [4.69, 9.17) is 21.7 Å². The maximum atomic E-state index is 5.87. The quantitative estimate of drug-likeness (QED) is 0.398. The Kier molecular flexibility index (Phi) is 6.14. The fourth-order valence-corrected chi connectivity index (χ4v) is 4.77. The van der Waals surface area contributed by atoms with Crippen molar-refractivity contribution in [1.82, 2.24) is 19.9 Å². The molecule has 1 aromatic carbocycles. The van der Waals surface area contributed by atoms with Gasteiger partial charge in [0.25, 0.3) is 0 Å². The smallest absolute Gasteiger partial charge is 0.174 e. The first kappa shape index (κ1) is 21.9. The van der Waals surface area contributed by atoms with Gasteiger partial charge in [0.1, 0.15) is 17.5 Å². The highest BCUT2D eigenvalue weighted by atomic mass is 32.1. The van der Waals surface area contributed by atoms with Crippen molar-refractivity contribution in [3.05, 3.63) is 102 Å². The Morgan fingerprint density at radius 1 is 1.00 bits per heavy atom. The number of nitrogens with one attached hydrogen (secondary N) is 1. The number of pyridine rings is 2. The number of methoxy groups -OCH3 is 2. The SMILES string of the molecule is COc1ccc(N2C(=S)N[C@H](c3ccccn3)[C@@H]2c2cccn2Cc2cccnc2)c(OC)c1. The molecule has 1 N–H and O–H groups in total. The summed E-state index contributed by atoms with van der Waals surface area (Å²) in [6.45, 7) is 0.696. The molecule has 4 heterocycles. The van der Waals surface area contributed by atoms with Crippen molar-refractivity contribution >= 4 is 23.0 Å². The molecule has 0 unspecified atom stereocenters. The standard InChI is InChI=1S/C26H25N5O2S/c1-32-19-10-11-21(23(15-19)33-2)31-25(24(29-26(31)34)20-8-3-4-13-28-20)22-9-6-14-30(22)17-18-7-5-12-27-16-18/h3-16,24-25H,17H2,1-2H3,(H,29,34)/t24-,25+/m1/s1. The van der Waals surface area contributed by atoms with E-state index in [1.165, 1.54) is 0 Å². The first-order chi connectivity index (χ1) is 16.7. The highest BCUT2D eigenvalue weighted by Crippen LogP contribution is 2.45. The first-order valence-corrected chi connectivity index (χ1v) is 11.4. The lowest BCUT2D eigenvalue weighted by Crippen LogP contribution is -2.30. The summed E-state index contributed by atoms with van der Waals surface area (Å²) < 4.78 is 13.4. The van der Waals surface area contributed by atoms with Crippen LogP contribution in [0.4, 0.5) is 5.69 Å². The third-order valence-corrected chi connectivity index (χ3v) is 6.30. The molecule has 8 heteroatoms. The van der Waals surface area contributed by atoms with Gasteiger partial charge in [-0.3, -0.25) is 9.97 Å². The highest BCUT2D eigenvalue weighted by molar-refractivity contribution is 7.80. The molecule has 1 aliphatic rings. The minimum absolute atomic E-state index is 0.150. The van der Waals surface area contributed by atoms with E-state index >= 15 is 0 Å². The maximum Gasteiger partial charge on any atom is 0.174 e. The third-order valence-electron chi connectivity index (χ3n) is 5.99. The molecule has 4 aromatic rings. The lowest BCUT2D eigenvalue weighted by Gasteiger charge is -2.30. The van der Waals surface area contributed by atoms with Crippen molar-refractivity contribution in [3.8, 4) is 11.5 Å². The largest absolute Gasteiger partial charge is 0.497 e. The molecule has 2 atom stereocenters. The second-order valence-electron chi connectivity index (χ2n) is 7.96. The van der Waals surface area contributed by atoms with Gasteiger partial charge in [-0.05, 0) is 60.2 Å². The molecule has 7 nitrogen and oxygen atoms in total. The Hall–Kier alpha value is -3.91. The van der Waals surface area contributed by atoms with Crippen LogP contribution in [0.25, 0.3) is 0 Å². The van der Waals surface area contributed by atoms with Crippen LogP contribution in [0.1, 0.15) is 29.0 Å². The summed E-state index contributed by atoms with van der Waals surface area (Å²) in [7, 11) is 3.29. The summed E-state index contributed by atoms with van der Waals surface area (Å²) in [5.41, 5.74) is 4.00. The Morgan fingerprint density at radius 2 is 1.91 bits per heavy atom. The first-order valence-electron chi connectivity index (χ1n) is 11.0. The average molecular weight is 472 g/mol. The monoisotopic (exact) mass is 471 g/mol. The lowest BCUT2D eigenvalue weighted by molar-refractivity contribution is 0.394. The molecule has 0 aliphatic carbocycles. The third kappa shape index (κ3) is 4.08. The molecule has 0 spiro atoms. The summed E-state index contributed by atoms with van der Waals surface area (Å²) >= 11 is 5.87. The van der Waals surface area contributed by atoms with Gasteiger partial charge >= 0.3 is 0 Å². The molecule has 3 aromatic heterocycles. The predicted molar refractivity (Wildman–Crippen MR) is 135 cm³/mol. The molecule has 0 radical (unpaired) electrons. The second-order valence-corrected chi connectivity index (χ2v) is 8.34. The van der Waals surface area contributed by atoms with Crippen molar-refractivity contribution in [2.45, 2.75) is 18.6 Å². The van der Waals surface area contributed by atoms with Crippen LogP contribution in [0.3, 0.4) is 0 Å². The maximum absolute atomic E-state index is 5.87. The zero-order chi connectivity index (χ0) is 23.5. The van der Waals surface area contributed by atoms with Gasteiger partial charge in [-0.25, -0.2) is 0 Å². The molecule has 0 amide bonds. The van der Waals surface area contributed by atoms with Crippen LogP contribution in [0.2, 0.25) is 0 Å². The number of anilines is 1. The van der Waals surface area contributed by atoms with Crippen LogP contribution in [0, 0.1) is 0 Å². The van der Waals surface area contributed by atoms with Gasteiger partial charge in [0.05, 0.1) is 31.6 Å². The minimum atomic E-state index is -0.156. The second kappa shape index (κ2) is 9.52. The van der Waals surface area contributed by atoms with Crippen LogP contribution in [-0.2, 0) is 6.54 Å². The molecular formula is C26H25N5O2S. The van der Waals surface area contributed by atoms with Gasteiger partial charge in [-0.15, -0.1) is 0 Å². The van der Waals surface area contributed by atoms with Crippen molar-refractivity contribution in [2.75, 3.05) is 19.1 Å². The summed E-state index contributed by atoms with van der Waals surface area (Å²) in [6.07, 6.45) is 7.57. The van der Waals surface area contributed by atoms with Gasteiger partial charge in [-0.2, -0.15) is 0 Å². The molecule has 1 aliphatic heterocycles.